The number of carbonyl (C=O) groups is 3. The van der Waals surface area contributed by atoms with Crippen molar-refractivity contribution in [2.75, 3.05) is 26.9 Å². The molecular weight excluding hydrogens is 402 g/mol. The van der Waals surface area contributed by atoms with Crippen molar-refractivity contribution in [2.45, 2.75) is 19.8 Å². The van der Waals surface area contributed by atoms with Gasteiger partial charge in [-0.3, -0.25) is 0 Å². The van der Waals surface area contributed by atoms with Crippen LogP contribution in [0.4, 0.5) is 0 Å². The van der Waals surface area contributed by atoms with E-state index in [1.165, 1.54) is 7.11 Å². The number of nitrogens with one attached hydrogen (secondary N) is 1. The lowest BCUT2D eigenvalue weighted by Gasteiger charge is -2.31. The van der Waals surface area contributed by atoms with Crippen molar-refractivity contribution in [2.24, 2.45) is 0 Å². The number of aliphatic carboxylic acids is 1. The van der Waals surface area contributed by atoms with Gasteiger partial charge in [-0.2, -0.15) is 0 Å². The number of carboxylic acid groups (broad SMARTS) is 1. The maximum Gasteiger partial charge on any atom is 0.336 e. The van der Waals surface area contributed by atoms with Gasteiger partial charge in [0.15, 0.2) is 0 Å². The van der Waals surface area contributed by atoms with E-state index in [2.05, 4.69) is 5.32 Å². The number of halogens is 1. The van der Waals surface area contributed by atoms with E-state index in [4.69, 9.17) is 30.9 Å². The van der Waals surface area contributed by atoms with Crippen molar-refractivity contribution in [3.05, 3.63) is 57.4 Å². The first-order chi connectivity index (χ1) is 13.8. The van der Waals surface area contributed by atoms with Crippen LogP contribution in [-0.2, 0) is 28.6 Å². The fourth-order valence-electron chi connectivity index (χ4n) is 3.10. The van der Waals surface area contributed by atoms with Crippen LogP contribution in [0.5, 0.6) is 0 Å². The molecule has 0 aromatic heterocycles. The molecule has 2 rings (SSSR count). The van der Waals surface area contributed by atoms with Gasteiger partial charge in [-0.1, -0.05) is 29.8 Å². The molecule has 2 N–H and O–H groups in total. The zero-order valence-corrected chi connectivity index (χ0v) is 17.0. The number of benzene rings is 1. The summed E-state index contributed by atoms with van der Waals surface area (Å²) in [6.45, 7) is 2.66. The van der Waals surface area contributed by atoms with Crippen LogP contribution < -0.4 is 5.32 Å². The van der Waals surface area contributed by atoms with Crippen molar-refractivity contribution >= 4 is 29.5 Å². The van der Waals surface area contributed by atoms with E-state index >= 15 is 0 Å². The van der Waals surface area contributed by atoms with E-state index in [1.807, 2.05) is 0 Å². The zero-order valence-electron chi connectivity index (χ0n) is 16.3. The number of rotatable bonds is 8. The van der Waals surface area contributed by atoms with Crippen molar-refractivity contribution in [1.82, 2.24) is 5.32 Å². The Bertz CT molecular complexity index is 875. The van der Waals surface area contributed by atoms with Crippen LogP contribution in [0, 0.1) is 0 Å². The number of hydrogen-bond donors (Lipinski definition) is 2. The fourth-order valence-corrected chi connectivity index (χ4v) is 3.35. The standard InChI is InChI=1S/C20H22ClNO7/c1-4-29-20(26)18-14(9-28-10-15(23)24)22-11(2)16(19(25)27-3)17(18)12-7-5-6-8-13(12)21/h5-8,17,22H,4,9-10H2,1-3H3,(H,23,24). The number of dihydropyridines is 1. The summed E-state index contributed by atoms with van der Waals surface area (Å²) in [6.07, 6.45) is 0. The summed E-state index contributed by atoms with van der Waals surface area (Å²) in [6, 6.07) is 6.80. The van der Waals surface area contributed by atoms with Crippen LogP contribution >= 0.6 is 11.6 Å². The first kappa shape index (κ1) is 22.4. The second kappa shape index (κ2) is 10.1. The van der Waals surface area contributed by atoms with Crippen LogP contribution in [0.2, 0.25) is 5.02 Å². The number of methoxy groups -OCH3 is 1. The van der Waals surface area contributed by atoms with Gasteiger partial charge in [-0.05, 0) is 25.5 Å². The Morgan fingerprint density at radius 1 is 1.17 bits per heavy atom. The normalized spacial score (nSPS) is 16.3. The lowest BCUT2D eigenvalue weighted by Crippen LogP contribution is -2.35. The minimum atomic E-state index is -1.15. The SMILES string of the molecule is CCOC(=O)C1=C(COCC(=O)O)NC(C)=C(C(=O)OC)C1c1ccccc1Cl. The molecule has 0 bridgehead atoms. The van der Waals surface area contributed by atoms with Gasteiger partial charge in [0.05, 0.1) is 43.1 Å². The van der Waals surface area contributed by atoms with E-state index in [0.717, 1.165) is 0 Å². The molecular formula is C20H22ClNO7. The number of carbonyl (C=O) groups excluding carboxylic acids is 2. The van der Waals surface area contributed by atoms with E-state index in [0.29, 0.717) is 22.0 Å². The lowest BCUT2D eigenvalue weighted by atomic mass is 9.80. The van der Waals surface area contributed by atoms with Crippen LogP contribution in [0.25, 0.3) is 0 Å². The fraction of sp³-hybridized carbons (Fsp3) is 0.350. The third-order valence-electron chi connectivity index (χ3n) is 4.23. The second-order valence-corrected chi connectivity index (χ2v) is 6.52. The molecule has 1 aliphatic rings. The Morgan fingerprint density at radius 2 is 1.86 bits per heavy atom. The molecule has 0 aliphatic carbocycles. The third-order valence-corrected chi connectivity index (χ3v) is 4.58. The van der Waals surface area contributed by atoms with Crippen molar-refractivity contribution in [3.63, 3.8) is 0 Å². The third kappa shape index (κ3) is 5.16. The second-order valence-electron chi connectivity index (χ2n) is 6.11. The summed E-state index contributed by atoms with van der Waals surface area (Å²) in [4.78, 5) is 36.2. The number of allylic oxidation sites excluding steroid dienone is 1. The maximum atomic E-state index is 12.9. The predicted molar refractivity (Wildman–Crippen MR) is 104 cm³/mol. The molecule has 8 nitrogen and oxygen atoms in total. The van der Waals surface area contributed by atoms with E-state index in [1.54, 1.807) is 38.1 Å². The van der Waals surface area contributed by atoms with Gasteiger partial charge in [-0.15, -0.1) is 0 Å². The summed E-state index contributed by atoms with van der Waals surface area (Å²) in [5.74, 6) is -3.33. The maximum absolute atomic E-state index is 12.9. The van der Waals surface area contributed by atoms with Gasteiger partial charge < -0.3 is 24.6 Å². The molecule has 9 heteroatoms. The summed E-state index contributed by atoms with van der Waals surface area (Å²) >= 11 is 6.38. The smallest absolute Gasteiger partial charge is 0.336 e. The highest BCUT2D eigenvalue weighted by Crippen LogP contribution is 2.41. The first-order valence-electron chi connectivity index (χ1n) is 8.82. The van der Waals surface area contributed by atoms with E-state index < -0.39 is 30.4 Å². The van der Waals surface area contributed by atoms with Crippen molar-refractivity contribution < 1.29 is 33.7 Å². The molecule has 0 saturated carbocycles. The Balaban J connectivity index is 2.66. The van der Waals surface area contributed by atoms with Gasteiger partial charge >= 0.3 is 17.9 Å². The highest BCUT2D eigenvalue weighted by Gasteiger charge is 2.39. The summed E-state index contributed by atoms with van der Waals surface area (Å²) in [5.41, 5.74) is 1.54. The van der Waals surface area contributed by atoms with Crippen LogP contribution in [0.1, 0.15) is 25.3 Å². The van der Waals surface area contributed by atoms with E-state index in [9.17, 15) is 14.4 Å². The van der Waals surface area contributed by atoms with Crippen molar-refractivity contribution in [1.29, 1.82) is 0 Å². The topological polar surface area (TPSA) is 111 Å². The quantitative estimate of drug-likeness (QED) is 0.613. The monoisotopic (exact) mass is 423 g/mol. The average molecular weight is 424 g/mol. The molecule has 1 aromatic rings. The predicted octanol–water partition coefficient (Wildman–Crippen LogP) is 2.39. The van der Waals surface area contributed by atoms with Gasteiger partial charge in [0.25, 0.3) is 0 Å². The molecule has 156 valence electrons. The molecule has 0 fully saturated rings. The molecule has 29 heavy (non-hydrogen) atoms. The van der Waals surface area contributed by atoms with Gasteiger partial charge in [0.1, 0.15) is 6.61 Å². The van der Waals surface area contributed by atoms with Gasteiger partial charge in [0.2, 0.25) is 0 Å². The Kier molecular flexibility index (Phi) is 7.81. The Labute approximate surface area is 173 Å². The van der Waals surface area contributed by atoms with E-state index in [-0.39, 0.29) is 24.4 Å². The minimum Gasteiger partial charge on any atom is -0.480 e. The molecule has 0 saturated heterocycles. The van der Waals surface area contributed by atoms with Crippen molar-refractivity contribution in [3.8, 4) is 0 Å². The first-order valence-corrected chi connectivity index (χ1v) is 9.19. The summed E-state index contributed by atoms with van der Waals surface area (Å²) in [5, 5.41) is 12.1. The largest absolute Gasteiger partial charge is 0.480 e. The van der Waals surface area contributed by atoms with Crippen LogP contribution in [-0.4, -0.2) is 49.9 Å². The molecule has 0 spiro atoms. The Hall–Kier alpha value is -2.84. The molecule has 1 atom stereocenters. The number of hydrogen-bond acceptors (Lipinski definition) is 7. The molecule has 0 amide bonds. The summed E-state index contributed by atoms with van der Waals surface area (Å²) < 4.78 is 15.3. The number of carboxylic acids is 1. The van der Waals surface area contributed by atoms with Gasteiger partial charge in [-0.25, -0.2) is 14.4 Å². The lowest BCUT2D eigenvalue weighted by molar-refractivity contribution is -0.142. The molecule has 1 aromatic carbocycles. The minimum absolute atomic E-state index is 0.108. The number of ether oxygens (including phenoxy) is 3. The average Bonchev–Trinajstić information content (AvgIpc) is 2.67. The molecule has 1 unspecified atom stereocenters. The molecule has 1 aliphatic heterocycles. The highest BCUT2D eigenvalue weighted by atomic mass is 35.5. The number of esters is 2. The molecule has 0 radical (unpaired) electrons. The van der Waals surface area contributed by atoms with Crippen LogP contribution in [0.3, 0.4) is 0 Å². The van der Waals surface area contributed by atoms with Crippen LogP contribution in [0.15, 0.2) is 46.8 Å². The van der Waals surface area contributed by atoms with Gasteiger partial charge in [0, 0.05) is 10.7 Å². The summed E-state index contributed by atoms with van der Waals surface area (Å²) in [7, 11) is 1.24. The highest BCUT2D eigenvalue weighted by molar-refractivity contribution is 6.31. The Morgan fingerprint density at radius 3 is 2.45 bits per heavy atom. The zero-order chi connectivity index (χ0) is 21.6. The molecule has 1 heterocycles.